The Morgan fingerprint density at radius 3 is 2.86 bits per heavy atom. The highest BCUT2D eigenvalue weighted by Crippen LogP contribution is 2.19. The van der Waals surface area contributed by atoms with Gasteiger partial charge in [-0.1, -0.05) is 0 Å². The second kappa shape index (κ2) is 7.13. The molecule has 1 fully saturated rings. The van der Waals surface area contributed by atoms with Gasteiger partial charge in [0.25, 0.3) is 0 Å². The fraction of sp³-hybridized carbons (Fsp3) is 0.625. The van der Waals surface area contributed by atoms with E-state index in [0.29, 0.717) is 13.0 Å². The van der Waals surface area contributed by atoms with Crippen molar-refractivity contribution in [3.63, 3.8) is 0 Å². The molecule has 0 spiro atoms. The molecular formula is C16H24N2O3S. The van der Waals surface area contributed by atoms with Gasteiger partial charge in [-0.3, -0.25) is 4.79 Å². The van der Waals surface area contributed by atoms with E-state index in [1.165, 1.54) is 0 Å². The number of nitrogens with zero attached hydrogens (tertiary/aromatic N) is 1. The molecule has 122 valence electrons. The van der Waals surface area contributed by atoms with Crippen molar-refractivity contribution in [2.24, 2.45) is 0 Å². The smallest absolute Gasteiger partial charge is 0.407 e. The summed E-state index contributed by atoms with van der Waals surface area (Å²) in [4.78, 5) is 26.0. The maximum Gasteiger partial charge on any atom is 0.407 e. The Balaban J connectivity index is 1.83. The van der Waals surface area contributed by atoms with Gasteiger partial charge in [0, 0.05) is 19.1 Å². The van der Waals surface area contributed by atoms with Crippen LogP contribution in [0.4, 0.5) is 4.79 Å². The van der Waals surface area contributed by atoms with E-state index >= 15 is 0 Å². The summed E-state index contributed by atoms with van der Waals surface area (Å²) < 4.78 is 5.23. The predicted octanol–water partition coefficient (Wildman–Crippen LogP) is 2.81. The summed E-state index contributed by atoms with van der Waals surface area (Å²) in [5, 5.41) is 6.75. The largest absolute Gasteiger partial charge is 0.444 e. The molecule has 2 rings (SSSR count). The lowest BCUT2D eigenvalue weighted by Crippen LogP contribution is -2.44. The van der Waals surface area contributed by atoms with Gasteiger partial charge in [0.05, 0.1) is 6.42 Å². The van der Waals surface area contributed by atoms with Crippen molar-refractivity contribution in [2.45, 2.75) is 51.7 Å². The number of rotatable bonds is 4. The molecule has 1 N–H and O–H groups in total. The summed E-state index contributed by atoms with van der Waals surface area (Å²) >= 11 is 1.60. The van der Waals surface area contributed by atoms with Gasteiger partial charge >= 0.3 is 6.09 Å². The molecule has 1 aromatic heterocycles. The standard InChI is InChI=1S/C16H24N2O3S/c1-16(2,3)21-15(20)17-10-13-5-4-7-18(13)14(19)9-12-6-8-22-11-12/h6,8,11,13H,4-5,7,9-10H2,1-3H3,(H,17,20)/t13-/m1/s1. The van der Waals surface area contributed by atoms with Gasteiger partial charge in [0.1, 0.15) is 5.60 Å². The van der Waals surface area contributed by atoms with E-state index in [2.05, 4.69) is 5.32 Å². The summed E-state index contributed by atoms with van der Waals surface area (Å²) in [5.41, 5.74) is 0.551. The van der Waals surface area contributed by atoms with Gasteiger partial charge in [-0.15, -0.1) is 0 Å². The Morgan fingerprint density at radius 2 is 2.23 bits per heavy atom. The SMILES string of the molecule is CC(C)(C)OC(=O)NC[C@H]1CCCN1C(=O)Cc1ccsc1. The molecule has 0 aliphatic carbocycles. The van der Waals surface area contributed by atoms with Crippen LogP contribution >= 0.6 is 11.3 Å². The van der Waals surface area contributed by atoms with E-state index in [-0.39, 0.29) is 11.9 Å². The Kier molecular flexibility index (Phi) is 5.45. The van der Waals surface area contributed by atoms with Gasteiger partial charge in [-0.2, -0.15) is 11.3 Å². The molecule has 1 aliphatic heterocycles. The zero-order valence-corrected chi connectivity index (χ0v) is 14.2. The van der Waals surface area contributed by atoms with E-state index in [1.54, 1.807) is 11.3 Å². The van der Waals surface area contributed by atoms with Crippen molar-refractivity contribution in [2.75, 3.05) is 13.1 Å². The molecule has 1 saturated heterocycles. The molecule has 22 heavy (non-hydrogen) atoms. The molecule has 6 heteroatoms. The number of amides is 2. The molecule has 1 aromatic rings. The van der Waals surface area contributed by atoms with Crippen molar-refractivity contribution < 1.29 is 14.3 Å². The minimum absolute atomic E-state index is 0.0682. The molecule has 0 radical (unpaired) electrons. The van der Waals surface area contributed by atoms with Crippen molar-refractivity contribution in [1.29, 1.82) is 0 Å². The number of hydrogen-bond acceptors (Lipinski definition) is 4. The Morgan fingerprint density at radius 1 is 1.45 bits per heavy atom. The summed E-state index contributed by atoms with van der Waals surface area (Å²) in [6, 6.07) is 2.05. The van der Waals surface area contributed by atoms with Crippen LogP contribution in [0.15, 0.2) is 16.8 Å². The monoisotopic (exact) mass is 324 g/mol. The van der Waals surface area contributed by atoms with E-state index < -0.39 is 11.7 Å². The van der Waals surface area contributed by atoms with E-state index in [1.807, 2.05) is 42.5 Å². The van der Waals surface area contributed by atoms with Gasteiger partial charge in [-0.25, -0.2) is 4.79 Å². The lowest BCUT2D eigenvalue weighted by atomic mass is 10.2. The third-order valence-corrected chi connectivity index (χ3v) is 4.25. The molecule has 0 unspecified atom stereocenters. The van der Waals surface area contributed by atoms with Gasteiger partial charge in [-0.05, 0) is 56.0 Å². The third kappa shape index (κ3) is 5.02. The maximum atomic E-state index is 12.4. The maximum absolute atomic E-state index is 12.4. The quantitative estimate of drug-likeness (QED) is 0.926. The molecular weight excluding hydrogens is 300 g/mol. The van der Waals surface area contributed by atoms with Crippen LogP contribution in [0.25, 0.3) is 0 Å². The van der Waals surface area contributed by atoms with Gasteiger partial charge < -0.3 is 15.0 Å². The van der Waals surface area contributed by atoms with Crippen LogP contribution in [0.1, 0.15) is 39.2 Å². The predicted molar refractivity (Wildman–Crippen MR) is 87.0 cm³/mol. The lowest BCUT2D eigenvalue weighted by Gasteiger charge is -2.26. The van der Waals surface area contributed by atoms with Crippen molar-refractivity contribution in [3.05, 3.63) is 22.4 Å². The molecule has 0 bridgehead atoms. The van der Waals surface area contributed by atoms with Crippen LogP contribution < -0.4 is 5.32 Å². The van der Waals surface area contributed by atoms with Crippen LogP contribution in [-0.2, 0) is 16.0 Å². The fourth-order valence-corrected chi connectivity index (χ4v) is 3.23. The Hall–Kier alpha value is -1.56. The normalized spacial score (nSPS) is 18.3. The number of thiophene rings is 1. The highest BCUT2D eigenvalue weighted by Gasteiger charge is 2.29. The number of nitrogens with one attached hydrogen (secondary N) is 1. The molecule has 1 atom stereocenters. The third-order valence-electron chi connectivity index (χ3n) is 3.51. The topological polar surface area (TPSA) is 58.6 Å². The van der Waals surface area contributed by atoms with Gasteiger partial charge in [0.15, 0.2) is 0 Å². The molecule has 2 amide bonds. The van der Waals surface area contributed by atoms with Crippen LogP contribution in [0, 0.1) is 0 Å². The van der Waals surface area contributed by atoms with E-state index in [0.717, 1.165) is 24.9 Å². The first-order chi connectivity index (χ1) is 10.3. The summed E-state index contributed by atoms with van der Waals surface area (Å²) in [7, 11) is 0. The number of alkyl carbamates (subject to hydrolysis) is 1. The number of hydrogen-bond donors (Lipinski definition) is 1. The highest BCUT2D eigenvalue weighted by molar-refractivity contribution is 7.07. The zero-order chi connectivity index (χ0) is 16.2. The van der Waals surface area contributed by atoms with Crippen molar-refractivity contribution in [3.8, 4) is 0 Å². The first kappa shape index (κ1) is 16.8. The second-order valence-electron chi connectivity index (χ2n) is 6.57. The zero-order valence-electron chi connectivity index (χ0n) is 13.4. The molecule has 0 aromatic carbocycles. The van der Waals surface area contributed by atoms with Crippen LogP contribution in [0.3, 0.4) is 0 Å². The summed E-state index contributed by atoms with van der Waals surface area (Å²) in [6.07, 6.45) is 1.91. The number of carbonyl (C=O) groups is 2. The molecule has 1 aliphatic rings. The minimum Gasteiger partial charge on any atom is -0.444 e. The first-order valence-corrected chi connectivity index (χ1v) is 8.57. The minimum atomic E-state index is -0.506. The van der Waals surface area contributed by atoms with Crippen LogP contribution in [-0.4, -0.2) is 41.6 Å². The highest BCUT2D eigenvalue weighted by atomic mass is 32.1. The summed E-state index contributed by atoms with van der Waals surface area (Å²) in [5.74, 6) is 0.131. The summed E-state index contributed by atoms with van der Waals surface area (Å²) in [6.45, 7) is 6.71. The average molecular weight is 324 g/mol. The number of ether oxygens (including phenoxy) is 1. The van der Waals surface area contributed by atoms with Crippen molar-refractivity contribution in [1.82, 2.24) is 10.2 Å². The average Bonchev–Trinajstić information content (AvgIpc) is 3.04. The Bertz CT molecular complexity index is 508. The lowest BCUT2D eigenvalue weighted by molar-refractivity contribution is -0.131. The van der Waals surface area contributed by atoms with Crippen LogP contribution in [0.2, 0.25) is 0 Å². The van der Waals surface area contributed by atoms with Crippen molar-refractivity contribution >= 4 is 23.3 Å². The fourth-order valence-electron chi connectivity index (χ4n) is 2.56. The molecule has 0 saturated carbocycles. The van der Waals surface area contributed by atoms with Gasteiger partial charge in [0.2, 0.25) is 5.91 Å². The van der Waals surface area contributed by atoms with Crippen LogP contribution in [0.5, 0.6) is 0 Å². The molecule has 5 nitrogen and oxygen atoms in total. The van der Waals surface area contributed by atoms with E-state index in [9.17, 15) is 9.59 Å². The molecule has 2 heterocycles. The number of likely N-dealkylation sites (tertiary alicyclic amines) is 1. The Labute approximate surface area is 135 Å². The van der Waals surface area contributed by atoms with E-state index in [4.69, 9.17) is 4.74 Å². The number of carbonyl (C=O) groups excluding carboxylic acids is 2. The first-order valence-electron chi connectivity index (χ1n) is 7.62. The second-order valence-corrected chi connectivity index (χ2v) is 7.35.